The lowest BCUT2D eigenvalue weighted by molar-refractivity contribution is 0.620. The lowest BCUT2D eigenvalue weighted by Gasteiger charge is -2.11. The summed E-state index contributed by atoms with van der Waals surface area (Å²) >= 11 is 8.74. The first-order valence-electron chi connectivity index (χ1n) is 5.61. The van der Waals surface area contributed by atoms with Gasteiger partial charge in [-0.3, -0.25) is 0 Å². The molecule has 0 aliphatic carbocycles. The van der Waals surface area contributed by atoms with Crippen molar-refractivity contribution in [2.75, 3.05) is 5.32 Å². The van der Waals surface area contributed by atoms with E-state index in [2.05, 4.69) is 21.2 Å². The highest BCUT2D eigenvalue weighted by molar-refractivity contribution is 9.10. The Morgan fingerprint density at radius 2 is 1.89 bits per heavy atom. The average Bonchev–Trinajstić information content (AvgIpc) is 2.36. The molecular weight excluding hydrogens is 336 g/mol. The number of hydrogen-bond acceptors (Lipinski definition) is 1. The minimum absolute atomic E-state index is 0.0922. The van der Waals surface area contributed by atoms with Gasteiger partial charge in [0.15, 0.2) is 0 Å². The van der Waals surface area contributed by atoms with Crippen LogP contribution in [0.15, 0.2) is 34.8 Å². The van der Waals surface area contributed by atoms with Crippen molar-refractivity contribution >= 4 is 33.2 Å². The van der Waals surface area contributed by atoms with Gasteiger partial charge in [-0.25, -0.2) is 8.78 Å². The summed E-state index contributed by atoms with van der Waals surface area (Å²) in [7, 11) is 0. The Kier molecular flexibility index (Phi) is 4.42. The second-order valence-corrected chi connectivity index (χ2v) is 5.44. The molecule has 0 aliphatic rings. The zero-order valence-corrected chi connectivity index (χ0v) is 12.4. The van der Waals surface area contributed by atoms with Gasteiger partial charge < -0.3 is 5.32 Å². The first-order valence-corrected chi connectivity index (χ1v) is 6.78. The number of aryl methyl sites for hydroxylation is 1. The molecule has 0 unspecified atom stereocenters. The molecule has 5 heteroatoms. The van der Waals surface area contributed by atoms with Crippen LogP contribution >= 0.6 is 27.5 Å². The second-order valence-electron chi connectivity index (χ2n) is 4.18. The van der Waals surface area contributed by atoms with Crippen LogP contribution in [0, 0.1) is 18.6 Å². The molecule has 0 spiro atoms. The maximum absolute atomic E-state index is 13.4. The lowest BCUT2D eigenvalue weighted by atomic mass is 10.1. The summed E-state index contributed by atoms with van der Waals surface area (Å²) in [6.07, 6.45) is 0. The minimum Gasteiger partial charge on any atom is -0.381 e. The normalized spacial score (nSPS) is 10.6. The number of halogens is 4. The van der Waals surface area contributed by atoms with Crippen LogP contribution in [-0.4, -0.2) is 0 Å². The van der Waals surface area contributed by atoms with Crippen molar-refractivity contribution in [1.29, 1.82) is 0 Å². The SMILES string of the molecule is Cc1cc(Br)c(F)cc1NCc1ccc(Cl)c(F)c1. The average molecular weight is 347 g/mol. The van der Waals surface area contributed by atoms with E-state index < -0.39 is 5.82 Å². The molecule has 0 saturated heterocycles. The Hall–Kier alpha value is -1.13. The van der Waals surface area contributed by atoms with Gasteiger partial charge in [-0.05, 0) is 58.2 Å². The molecule has 2 aromatic carbocycles. The highest BCUT2D eigenvalue weighted by atomic mass is 79.9. The molecule has 0 amide bonds. The Balaban J connectivity index is 2.14. The molecule has 0 bridgehead atoms. The minimum atomic E-state index is -0.459. The predicted molar refractivity (Wildman–Crippen MR) is 77.6 cm³/mol. The van der Waals surface area contributed by atoms with Crippen molar-refractivity contribution in [3.05, 3.63) is 62.6 Å². The van der Waals surface area contributed by atoms with E-state index in [1.165, 1.54) is 18.2 Å². The van der Waals surface area contributed by atoms with E-state index >= 15 is 0 Å². The van der Waals surface area contributed by atoms with Gasteiger partial charge in [-0.15, -0.1) is 0 Å². The van der Waals surface area contributed by atoms with Crippen LogP contribution in [0.5, 0.6) is 0 Å². The fourth-order valence-electron chi connectivity index (χ4n) is 1.68. The molecular formula is C14H11BrClF2N. The van der Waals surface area contributed by atoms with E-state index in [9.17, 15) is 8.78 Å². The first kappa shape index (κ1) is 14.3. The van der Waals surface area contributed by atoms with Crippen LogP contribution in [0.1, 0.15) is 11.1 Å². The van der Waals surface area contributed by atoms with E-state index in [4.69, 9.17) is 11.6 Å². The van der Waals surface area contributed by atoms with Crippen molar-refractivity contribution < 1.29 is 8.78 Å². The summed E-state index contributed by atoms with van der Waals surface area (Å²) in [6.45, 7) is 2.27. The van der Waals surface area contributed by atoms with Crippen LogP contribution in [-0.2, 0) is 6.54 Å². The van der Waals surface area contributed by atoms with Crippen molar-refractivity contribution in [3.63, 3.8) is 0 Å². The third kappa shape index (κ3) is 3.45. The molecule has 2 rings (SSSR count). The smallest absolute Gasteiger partial charge is 0.142 e. The highest BCUT2D eigenvalue weighted by Crippen LogP contribution is 2.24. The monoisotopic (exact) mass is 345 g/mol. The van der Waals surface area contributed by atoms with E-state index in [1.54, 1.807) is 12.1 Å². The third-order valence-electron chi connectivity index (χ3n) is 2.73. The van der Waals surface area contributed by atoms with Crippen molar-refractivity contribution in [3.8, 4) is 0 Å². The maximum Gasteiger partial charge on any atom is 0.142 e. The maximum atomic E-state index is 13.4. The molecule has 0 saturated carbocycles. The largest absolute Gasteiger partial charge is 0.381 e. The van der Waals surface area contributed by atoms with Crippen LogP contribution in [0.3, 0.4) is 0 Å². The van der Waals surface area contributed by atoms with Gasteiger partial charge in [0.25, 0.3) is 0 Å². The van der Waals surface area contributed by atoms with Crippen molar-refractivity contribution in [2.45, 2.75) is 13.5 Å². The molecule has 0 heterocycles. The Bertz CT molecular complexity index is 617. The van der Waals surface area contributed by atoms with Crippen molar-refractivity contribution in [1.82, 2.24) is 0 Å². The predicted octanol–water partition coefficient (Wildman–Crippen LogP) is 5.30. The number of rotatable bonds is 3. The summed E-state index contributed by atoms with van der Waals surface area (Å²) in [5.74, 6) is -0.796. The molecule has 0 aromatic heterocycles. The van der Waals surface area contributed by atoms with Crippen LogP contribution < -0.4 is 5.32 Å². The fourth-order valence-corrected chi connectivity index (χ4v) is 2.26. The second kappa shape index (κ2) is 5.88. The van der Waals surface area contributed by atoms with E-state index in [0.29, 0.717) is 16.7 Å². The molecule has 100 valence electrons. The van der Waals surface area contributed by atoms with Gasteiger partial charge in [-0.1, -0.05) is 17.7 Å². The Labute approximate surface area is 123 Å². The fraction of sp³-hybridized carbons (Fsp3) is 0.143. The summed E-state index contributed by atoms with van der Waals surface area (Å²) in [5, 5.41) is 3.17. The zero-order chi connectivity index (χ0) is 14.0. The molecule has 0 aliphatic heterocycles. The lowest BCUT2D eigenvalue weighted by Crippen LogP contribution is -2.02. The Morgan fingerprint density at radius 3 is 2.58 bits per heavy atom. The van der Waals surface area contributed by atoms with Gasteiger partial charge in [0.1, 0.15) is 11.6 Å². The number of anilines is 1. The quantitative estimate of drug-likeness (QED) is 0.795. The van der Waals surface area contributed by atoms with Gasteiger partial charge in [0, 0.05) is 12.2 Å². The van der Waals surface area contributed by atoms with Crippen LogP contribution in [0.25, 0.3) is 0 Å². The molecule has 0 radical (unpaired) electrons. The number of nitrogens with one attached hydrogen (secondary N) is 1. The topological polar surface area (TPSA) is 12.0 Å². The van der Waals surface area contributed by atoms with Gasteiger partial charge >= 0.3 is 0 Å². The zero-order valence-electron chi connectivity index (χ0n) is 10.1. The van der Waals surface area contributed by atoms with Gasteiger partial charge in [-0.2, -0.15) is 0 Å². The summed E-state index contributed by atoms with van der Waals surface area (Å²) in [4.78, 5) is 0. The molecule has 1 nitrogen and oxygen atoms in total. The molecule has 0 fully saturated rings. The third-order valence-corrected chi connectivity index (χ3v) is 3.65. The number of hydrogen-bond donors (Lipinski definition) is 1. The molecule has 19 heavy (non-hydrogen) atoms. The summed E-state index contributed by atoms with van der Waals surface area (Å²) in [5.41, 5.74) is 2.32. The van der Waals surface area contributed by atoms with Gasteiger partial charge in [0.2, 0.25) is 0 Å². The summed E-state index contributed by atoms with van der Waals surface area (Å²) < 4.78 is 27.1. The molecule has 1 N–H and O–H groups in total. The van der Waals surface area contributed by atoms with Crippen LogP contribution in [0.4, 0.5) is 14.5 Å². The Morgan fingerprint density at radius 1 is 1.16 bits per heavy atom. The molecule has 2 aromatic rings. The van der Waals surface area contributed by atoms with E-state index in [0.717, 1.165) is 11.1 Å². The van der Waals surface area contributed by atoms with Crippen molar-refractivity contribution in [2.24, 2.45) is 0 Å². The molecule has 0 atom stereocenters. The van der Waals surface area contributed by atoms with E-state index in [1.807, 2.05) is 6.92 Å². The summed E-state index contributed by atoms with van der Waals surface area (Å²) in [6, 6.07) is 7.69. The van der Waals surface area contributed by atoms with E-state index in [-0.39, 0.29) is 10.8 Å². The van der Waals surface area contributed by atoms with Crippen LogP contribution in [0.2, 0.25) is 5.02 Å². The first-order chi connectivity index (χ1) is 8.97. The standard InChI is InChI=1S/C14H11BrClF2N/c1-8-4-10(15)12(17)6-14(8)19-7-9-2-3-11(16)13(18)5-9/h2-6,19H,7H2,1H3. The highest BCUT2D eigenvalue weighted by Gasteiger charge is 2.06. The number of benzene rings is 2. The van der Waals surface area contributed by atoms with Gasteiger partial charge in [0.05, 0.1) is 9.50 Å².